The van der Waals surface area contributed by atoms with Gasteiger partial charge < -0.3 is 19.5 Å². The van der Waals surface area contributed by atoms with E-state index in [-0.39, 0.29) is 12.0 Å². The van der Waals surface area contributed by atoms with Crippen LogP contribution in [0.5, 0.6) is 17.2 Å². The van der Waals surface area contributed by atoms with Gasteiger partial charge >= 0.3 is 0 Å². The number of hydrogen-bond donors (Lipinski definition) is 1. The Kier molecular flexibility index (Phi) is 3.99. The Hall–Kier alpha value is -2.69. The number of ether oxygens (including phenoxy) is 3. The summed E-state index contributed by atoms with van der Waals surface area (Å²) >= 11 is 0. The van der Waals surface area contributed by atoms with Gasteiger partial charge in [-0.15, -0.1) is 0 Å². The van der Waals surface area contributed by atoms with E-state index in [4.69, 9.17) is 14.2 Å². The molecule has 1 amide bonds. The van der Waals surface area contributed by atoms with Crippen LogP contribution in [0.3, 0.4) is 0 Å². The van der Waals surface area contributed by atoms with E-state index in [1.54, 1.807) is 0 Å². The number of carbonyl (C=O) groups is 1. The van der Waals surface area contributed by atoms with Gasteiger partial charge in [0.1, 0.15) is 17.2 Å². The van der Waals surface area contributed by atoms with Crippen molar-refractivity contribution in [3.8, 4) is 17.2 Å². The van der Waals surface area contributed by atoms with Gasteiger partial charge in [0, 0.05) is 29.7 Å². The summed E-state index contributed by atoms with van der Waals surface area (Å²) in [7, 11) is 0. The highest BCUT2D eigenvalue weighted by Gasteiger charge is 2.30. The second-order valence-corrected chi connectivity index (χ2v) is 6.56. The first-order valence-corrected chi connectivity index (χ1v) is 8.64. The van der Waals surface area contributed by atoms with E-state index in [9.17, 15) is 4.79 Å². The molecule has 1 N–H and O–H groups in total. The molecule has 2 aromatic carbocycles. The normalized spacial score (nSPS) is 14.5. The maximum atomic E-state index is 12.9. The van der Waals surface area contributed by atoms with Crippen LogP contribution in [0.4, 0.5) is 5.69 Å². The predicted octanol–water partition coefficient (Wildman–Crippen LogP) is 3.60. The maximum absolute atomic E-state index is 12.9. The Balaban J connectivity index is 1.60. The first kappa shape index (κ1) is 15.8. The lowest BCUT2D eigenvalue weighted by Gasteiger charge is -2.14. The third-order valence-corrected chi connectivity index (χ3v) is 4.36. The van der Waals surface area contributed by atoms with Crippen LogP contribution in [0.25, 0.3) is 0 Å². The highest BCUT2D eigenvalue weighted by atomic mass is 16.5. The Morgan fingerprint density at radius 2 is 1.88 bits per heavy atom. The lowest BCUT2D eigenvalue weighted by atomic mass is 9.99. The minimum Gasteiger partial charge on any atom is -0.493 e. The predicted molar refractivity (Wildman–Crippen MR) is 95.0 cm³/mol. The van der Waals surface area contributed by atoms with Gasteiger partial charge in [-0.3, -0.25) is 4.79 Å². The summed E-state index contributed by atoms with van der Waals surface area (Å²) < 4.78 is 17.0. The summed E-state index contributed by atoms with van der Waals surface area (Å²) in [5.74, 6) is 2.15. The molecule has 25 heavy (non-hydrogen) atoms. The molecule has 0 saturated carbocycles. The average molecular weight is 339 g/mol. The molecular formula is C20H21NO4. The van der Waals surface area contributed by atoms with E-state index in [2.05, 4.69) is 5.32 Å². The van der Waals surface area contributed by atoms with Gasteiger partial charge in [0.05, 0.1) is 24.9 Å². The Bertz CT molecular complexity index is 779. The van der Waals surface area contributed by atoms with Crippen molar-refractivity contribution in [3.05, 3.63) is 47.0 Å². The fourth-order valence-electron chi connectivity index (χ4n) is 3.31. The molecule has 0 unspecified atom stereocenters. The van der Waals surface area contributed by atoms with Crippen LogP contribution in [0, 0.1) is 0 Å². The third-order valence-electron chi connectivity index (χ3n) is 4.36. The molecule has 2 aliphatic heterocycles. The van der Waals surface area contributed by atoms with E-state index in [0.29, 0.717) is 24.5 Å². The summed E-state index contributed by atoms with van der Waals surface area (Å²) in [5, 5.41) is 2.97. The number of carbonyl (C=O) groups excluding carboxylic acids is 1. The molecule has 130 valence electrons. The van der Waals surface area contributed by atoms with Crippen LogP contribution in [0.1, 0.15) is 35.3 Å². The zero-order valence-corrected chi connectivity index (χ0v) is 14.4. The first-order valence-electron chi connectivity index (χ1n) is 8.64. The van der Waals surface area contributed by atoms with Crippen LogP contribution in [-0.2, 0) is 12.8 Å². The highest BCUT2D eigenvalue weighted by molar-refractivity contribution is 6.08. The van der Waals surface area contributed by atoms with Crippen molar-refractivity contribution in [3.63, 3.8) is 0 Å². The monoisotopic (exact) mass is 339 g/mol. The number of amides is 1. The van der Waals surface area contributed by atoms with Crippen LogP contribution < -0.4 is 19.5 Å². The molecule has 2 aliphatic rings. The maximum Gasteiger partial charge on any atom is 0.259 e. The van der Waals surface area contributed by atoms with Crippen molar-refractivity contribution in [1.82, 2.24) is 0 Å². The van der Waals surface area contributed by atoms with Crippen LogP contribution in [0.15, 0.2) is 30.3 Å². The quantitative estimate of drug-likeness (QED) is 0.925. The number of hydrogen-bond acceptors (Lipinski definition) is 4. The molecule has 0 aliphatic carbocycles. The van der Waals surface area contributed by atoms with Crippen molar-refractivity contribution in [2.75, 3.05) is 18.5 Å². The average Bonchev–Trinajstić information content (AvgIpc) is 3.22. The summed E-state index contributed by atoms with van der Waals surface area (Å²) in [6, 6.07) is 9.41. The molecule has 0 radical (unpaired) electrons. The van der Waals surface area contributed by atoms with Gasteiger partial charge in [0.2, 0.25) is 0 Å². The minimum absolute atomic E-state index is 0.118. The smallest absolute Gasteiger partial charge is 0.259 e. The second-order valence-electron chi connectivity index (χ2n) is 6.56. The van der Waals surface area contributed by atoms with Crippen molar-refractivity contribution >= 4 is 11.6 Å². The second kappa shape index (κ2) is 6.31. The zero-order chi connectivity index (χ0) is 17.4. The lowest BCUT2D eigenvalue weighted by Crippen LogP contribution is -2.15. The Morgan fingerprint density at radius 1 is 1.12 bits per heavy atom. The SMILES string of the molecule is CC(C)Oc1ccc(NC(=O)c2c3c(cc4c2OCC4)OCC3)cc1. The van der Waals surface area contributed by atoms with E-state index in [0.717, 1.165) is 41.2 Å². The van der Waals surface area contributed by atoms with Gasteiger partial charge in [-0.05, 0) is 44.2 Å². The summed E-state index contributed by atoms with van der Waals surface area (Å²) in [6.45, 7) is 5.18. The highest BCUT2D eigenvalue weighted by Crippen LogP contribution is 2.40. The topological polar surface area (TPSA) is 56.8 Å². The zero-order valence-electron chi connectivity index (χ0n) is 14.4. The van der Waals surface area contributed by atoms with Crippen molar-refractivity contribution < 1.29 is 19.0 Å². The summed E-state index contributed by atoms with van der Waals surface area (Å²) in [6.07, 6.45) is 1.66. The number of nitrogens with one attached hydrogen (secondary N) is 1. The van der Waals surface area contributed by atoms with Gasteiger partial charge in [-0.2, -0.15) is 0 Å². The third kappa shape index (κ3) is 3.02. The van der Waals surface area contributed by atoms with E-state index in [1.165, 1.54) is 0 Å². The molecule has 0 fully saturated rings. The molecule has 5 nitrogen and oxygen atoms in total. The molecular weight excluding hydrogens is 318 g/mol. The van der Waals surface area contributed by atoms with E-state index < -0.39 is 0 Å². The van der Waals surface area contributed by atoms with Gasteiger partial charge in [0.25, 0.3) is 5.91 Å². The largest absolute Gasteiger partial charge is 0.493 e. The van der Waals surface area contributed by atoms with Gasteiger partial charge in [-0.1, -0.05) is 0 Å². The number of anilines is 1. The molecule has 0 aromatic heterocycles. The molecule has 2 heterocycles. The van der Waals surface area contributed by atoms with E-state index >= 15 is 0 Å². The molecule has 2 aromatic rings. The van der Waals surface area contributed by atoms with Crippen LogP contribution in [-0.4, -0.2) is 25.2 Å². The number of rotatable bonds is 4. The minimum atomic E-state index is -0.155. The summed E-state index contributed by atoms with van der Waals surface area (Å²) in [4.78, 5) is 12.9. The van der Waals surface area contributed by atoms with E-state index in [1.807, 2.05) is 44.2 Å². The molecule has 5 heteroatoms. The Labute approximate surface area is 146 Å². The number of benzene rings is 2. The standard InChI is InChI=1S/C20H21NO4/c1-12(2)25-15-5-3-14(4-6-15)21-20(22)18-16-8-10-23-17(16)11-13-7-9-24-19(13)18/h3-6,11-12H,7-10H2,1-2H3,(H,21,22). The van der Waals surface area contributed by atoms with Crippen molar-refractivity contribution in [2.24, 2.45) is 0 Å². The van der Waals surface area contributed by atoms with Crippen LogP contribution >= 0.6 is 0 Å². The lowest BCUT2D eigenvalue weighted by molar-refractivity contribution is 0.102. The molecule has 0 atom stereocenters. The first-order chi connectivity index (χ1) is 12.1. The Morgan fingerprint density at radius 3 is 2.64 bits per heavy atom. The molecule has 0 spiro atoms. The van der Waals surface area contributed by atoms with Gasteiger partial charge in [0.15, 0.2) is 0 Å². The molecule has 0 saturated heterocycles. The molecule has 0 bridgehead atoms. The van der Waals surface area contributed by atoms with Crippen molar-refractivity contribution in [1.29, 1.82) is 0 Å². The number of fused-ring (bicyclic) bond motifs is 2. The van der Waals surface area contributed by atoms with Crippen molar-refractivity contribution in [2.45, 2.75) is 32.8 Å². The fraction of sp³-hybridized carbons (Fsp3) is 0.350. The fourth-order valence-corrected chi connectivity index (χ4v) is 3.31. The summed E-state index contributed by atoms with van der Waals surface area (Å²) in [5.41, 5.74) is 3.33. The van der Waals surface area contributed by atoms with Gasteiger partial charge in [-0.25, -0.2) is 0 Å². The van der Waals surface area contributed by atoms with Crippen LogP contribution in [0.2, 0.25) is 0 Å². The molecule has 4 rings (SSSR count).